The Morgan fingerprint density at radius 1 is 0.458 bits per heavy atom. The van der Waals surface area contributed by atoms with Crippen LogP contribution < -0.4 is 32.6 Å². The smallest absolute Gasteiger partial charge is 0.271 e. The average molecular weight is 1440 g/mol. The highest BCUT2D eigenvalue weighted by atomic mass is 32.2. The summed E-state index contributed by atoms with van der Waals surface area (Å²) < 4.78 is 230. The van der Waals surface area contributed by atoms with Crippen LogP contribution in [0, 0.1) is 77.0 Å². The van der Waals surface area contributed by atoms with Crippen LogP contribution in [0.15, 0.2) is 48.8 Å². The van der Waals surface area contributed by atoms with E-state index >= 15 is 0 Å². The number of fused-ring (bicyclic) bond motifs is 6. The Labute approximate surface area is 553 Å². The first-order valence-corrected chi connectivity index (χ1v) is 38.5. The molecule has 4 aromatic rings. The maximum atomic E-state index is 14.1. The van der Waals surface area contributed by atoms with E-state index in [0.717, 1.165) is 31.0 Å². The van der Waals surface area contributed by atoms with Crippen LogP contribution in [0.3, 0.4) is 0 Å². The molecule has 1 aromatic heterocycles. The minimum absolute atomic E-state index is 0.00162. The molecule has 0 radical (unpaired) electrons. The van der Waals surface area contributed by atoms with Crippen LogP contribution >= 0.6 is 0 Å². The van der Waals surface area contributed by atoms with E-state index in [-0.39, 0.29) is 138 Å². The molecule has 96 heavy (non-hydrogen) atoms. The molecule has 3 aromatic carbocycles. The van der Waals surface area contributed by atoms with Gasteiger partial charge in [0.1, 0.15) is 23.1 Å². The normalized spacial score (nSPS) is 25.5. The molecule has 1 saturated carbocycles. The van der Waals surface area contributed by atoms with E-state index < -0.39 is 122 Å². The number of benzene rings is 3. The fraction of sp³-hybridized carbons (Fsp3) is 0.613. The number of aryl methyl sites for hydroxylation is 1. The van der Waals surface area contributed by atoms with Gasteiger partial charge in [-0.1, -0.05) is 0 Å². The molecule has 11 rings (SSSR count). The summed E-state index contributed by atoms with van der Waals surface area (Å²) in [5.41, 5.74) is 19.7. The zero-order valence-corrected chi connectivity index (χ0v) is 56.2. The Balaban J connectivity index is 0.000000170. The number of nitrogens with two attached hydrogens (primary N) is 3. The number of nitrogens with zero attached hydrogens (tertiary/aromatic N) is 5. The zero-order valence-electron chi connectivity index (χ0n) is 53.0. The second-order valence-electron chi connectivity index (χ2n) is 26.4. The summed E-state index contributed by atoms with van der Waals surface area (Å²) in [4.78, 5) is 31.1. The fourth-order valence-electron chi connectivity index (χ4n) is 14.7. The van der Waals surface area contributed by atoms with Crippen molar-refractivity contribution in [1.29, 1.82) is 0 Å². The summed E-state index contributed by atoms with van der Waals surface area (Å²) in [6, 6.07) is 1.19. The molecule has 532 valence electrons. The molecule has 0 spiro atoms. The van der Waals surface area contributed by atoms with Crippen molar-refractivity contribution in [2.75, 3.05) is 36.9 Å². The number of hydrogen-bond donors (Lipinski definition) is 6. The quantitative estimate of drug-likeness (QED) is 0.0379. The Kier molecular flexibility index (Phi) is 24.1. The molecule has 6 bridgehead atoms. The van der Waals surface area contributed by atoms with Gasteiger partial charge in [0.2, 0.25) is 46.0 Å². The van der Waals surface area contributed by atoms with Gasteiger partial charge in [-0.3, -0.25) is 14.6 Å². The topological polar surface area (TPSA) is 320 Å². The molecule has 3 unspecified atom stereocenters. The molecular weight excluding hydrogens is 1360 g/mol. The van der Waals surface area contributed by atoms with Gasteiger partial charge in [-0.05, 0) is 169 Å². The summed E-state index contributed by atoms with van der Waals surface area (Å²) >= 11 is 0. The van der Waals surface area contributed by atoms with Crippen molar-refractivity contribution in [2.24, 2.45) is 35.0 Å². The standard InChI is InChI=1S/C23H28F3N5O3S.C20H28F3N3O4S2.C19H26F3N3O3S/c1-13-11-30-22(12-29-13)23(32)28-4-5-35(33,34)31-16-2-3-17(31)7-15(6-16)21(27)9-14-8-19(25)20(26)10-18(14)24;21-17-11-19(23)18(22)9-12(17)10-20(24)13-7-14-1-2-15(8-13)26(14)31(27,28)6-5-25-32(29,30)16-3-4-16;1-11(26)24-4-5-29(27,28)25-14-2-3-15(25)7-13(6-14)19(23)9-12-8-17(21)18(22)10-16(12)20/h8,10-12,15-17,21H,2-7,9,27H2,1H3,(H,28,32);9,11,13-16,20,25H,1-8,10,24H2;8,10,13-15,19H,2-7,9,23H2,1H3,(H,24,26)/t15?,16-,17+,21-;13?,14-,15+,20-;13?,14-,15+,19-/m101/s1. The van der Waals surface area contributed by atoms with Crippen LogP contribution in [0.25, 0.3) is 0 Å². The van der Waals surface area contributed by atoms with Crippen LogP contribution in [-0.2, 0) is 64.2 Å². The maximum Gasteiger partial charge on any atom is 0.271 e. The molecule has 6 saturated heterocycles. The van der Waals surface area contributed by atoms with Gasteiger partial charge in [0, 0.05) is 105 Å². The highest BCUT2D eigenvalue weighted by Crippen LogP contribution is 2.45. The largest absolute Gasteiger partial charge is 0.355 e. The number of sulfonamides is 4. The molecule has 9 N–H and O–H groups in total. The number of carbonyl (C=O) groups excluding carboxylic acids is 2. The molecule has 7 fully saturated rings. The van der Waals surface area contributed by atoms with Crippen molar-refractivity contribution in [2.45, 2.75) is 183 Å². The molecule has 7 aliphatic rings. The number of hydrogen-bond acceptors (Lipinski definition) is 15. The van der Waals surface area contributed by atoms with E-state index in [1.165, 1.54) is 27.9 Å². The van der Waals surface area contributed by atoms with E-state index in [9.17, 15) is 82.8 Å². The van der Waals surface area contributed by atoms with E-state index in [1.54, 1.807) is 11.2 Å². The molecular formula is C62H82F9N11O10S4. The summed E-state index contributed by atoms with van der Waals surface area (Å²) in [7, 11) is -14.3. The Hall–Kier alpha value is -5.43. The predicted octanol–water partition coefficient (Wildman–Crippen LogP) is 5.39. The van der Waals surface area contributed by atoms with Gasteiger partial charge in [-0.15, -0.1) is 0 Å². The monoisotopic (exact) mass is 1440 g/mol. The van der Waals surface area contributed by atoms with Crippen molar-refractivity contribution in [3.63, 3.8) is 0 Å². The van der Waals surface area contributed by atoms with Crippen LogP contribution in [0.2, 0.25) is 0 Å². The number of piperidine rings is 3. The third-order valence-corrected chi connectivity index (χ3v) is 27.4. The van der Waals surface area contributed by atoms with Crippen LogP contribution in [0.1, 0.15) is 130 Å². The van der Waals surface area contributed by atoms with Gasteiger partial charge < -0.3 is 27.8 Å². The van der Waals surface area contributed by atoms with Gasteiger partial charge in [0.05, 0.1) is 34.4 Å². The first-order chi connectivity index (χ1) is 45.1. The van der Waals surface area contributed by atoms with E-state index in [4.69, 9.17) is 17.2 Å². The summed E-state index contributed by atoms with van der Waals surface area (Å²) in [6.45, 7) is 2.91. The third-order valence-electron chi connectivity index (χ3n) is 19.5. The highest BCUT2D eigenvalue weighted by molar-refractivity contribution is 7.91. The number of amides is 2. The van der Waals surface area contributed by atoms with E-state index in [1.807, 2.05) is 0 Å². The lowest BCUT2D eigenvalue weighted by Gasteiger charge is -2.40. The lowest BCUT2D eigenvalue weighted by atomic mass is 9.83. The van der Waals surface area contributed by atoms with Crippen molar-refractivity contribution in [1.82, 2.24) is 38.2 Å². The highest BCUT2D eigenvalue weighted by Gasteiger charge is 2.51. The molecule has 21 nitrogen and oxygen atoms in total. The van der Waals surface area contributed by atoms with E-state index in [0.29, 0.717) is 101 Å². The minimum Gasteiger partial charge on any atom is -0.355 e. The number of rotatable bonds is 24. The number of aromatic nitrogens is 2. The summed E-state index contributed by atoms with van der Waals surface area (Å²) in [6.07, 6.45) is 11.4. The second kappa shape index (κ2) is 31.0. The lowest BCUT2D eigenvalue weighted by molar-refractivity contribution is -0.118. The van der Waals surface area contributed by atoms with Gasteiger partial charge in [0.15, 0.2) is 34.9 Å². The maximum absolute atomic E-state index is 14.1. The number of nitrogens with one attached hydrogen (secondary N) is 3. The molecule has 7 heterocycles. The van der Waals surface area contributed by atoms with Gasteiger partial charge in [-0.25, -0.2) is 82.9 Å². The Morgan fingerprint density at radius 2 is 0.771 bits per heavy atom. The van der Waals surface area contributed by atoms with Crippen molar-refractivity contribution < 1.29 is 82.8 Å². The van der Waals surface area contributed by atoms with Gasteiger partial charge in [0.25, 0.3) is 5.91 Å². The number of carbonyl (C=O) groups is 2. The molecule has 2 amide bonds. The molecule has 1 aliphatic carbocycles. The molecule has 12 atom stereocenters. The Morgan fingerprint density at radius 3 is 1.07 bits per heavy atom. The van der Waals surface area contributed by atoms with Crippen molar-refractivity contribution in [3.05, 3.63) is 129 Å². The van der Waals surface area contributed by atoms with Gasteiger partial charge >= 0.3 is 0 Å². The van der Waals surface area contributed by atoms with E-state index in [2.05, 4.69) is 25.3 Å². The molecule has 6 aliphatic heterocycles. The minimum atomic E-state index is -3.66. The van der Waals surface area contributed by atoms with Crippen molar-refractivity contribution >= 4 is 51.9 Å². The summed E-state index contributed by atoms with van der Waals surface area (Å²) in [5, 5.41) is 4.67. The fourth-order valence-corrected chi connectivity index (χ4v) is 21.8. The average Bonchev–Trinajstić information content (AvgIpc) is 1.44. The van der Waals surface area contributed by atoms with Crippen LogP contribution in [0.4, 0.5) is 39.5 Å². The summed E-state index contributed by atoms with van der Waals surface area (Å²) in [5.74, 6) is -11.3. The van der Waals surface area contributed by atoms with Gasteiger partial charge in [-0.2, -0.15) is 12.9 Å². The first kappa shape index (κ1) is 74.8. The van der Waals surface area contributed by atoms with Crippen LogP contribution in [0.5, 0.6) is 0 Å². The number of halogens is 9. The second-order valence-corrected chi connectivity index (χ2v) is 34.4. The zero-order chi connectivity index (χ0) is 69.9. The first-order valence-electron chi connectivity index (χ1n) is 32.1. The van der Waals surface area contributed by atoms with Crippen molar-refractivity contribution in [3.8, 4) is 0 Å². The molecule has 34 heteroatoms. The Bertz CT molecular complexity index is 3910. The predicted molar refractivity (Wildman–Crippen MR) is 337 cm³/mol. The van der Waals surface area contributed by atoms with Crippen LogP contribution in [-0.4, -0.2) is 165 Å². The third kappa shape index (κ3) is 18.3. The SMILES string of the molecule is CC(=O)NCCS(=O)(=O)N1[C@@H]2CC[C@H]1CC([C@H](N)Cc1cc(F)c(F)cc1F)C2.Cc1cnc(C(=O)NCCS(=O)(=O)N2[C@@H]3CC[C@H]2CC([C@H](N)Cc2cc(F)c(F)cc2F)C3)cn1.N[C@@H](Cc1cc(F)c(F)cc1F)C1C[C@H]2CC[C@@H](C1)N2S(=O)(=O)CCNS(=O)(=O)C1CC1. The lowest BCUT2D eigenvalue weighted by Crippen LogP contribution is -2.51.